The maximum atomic E-state index is 16.5. The summed E-state index contributed by atoms with van der Waals surface area (Å²) in [4.78, 5) is 35.6. The highest BCUT2D eigenvalue weighted by Gasteiger charge is 2.53. The molecule has 15 heteroatoms. The smallest absolute Gasteiger partial charge is 0.497 e. The van der Waals surface area contributed by atoms with Gasteiger partial charge in [-0.15, -0.1) is 9.42 Å². The number of hydrogen-bond acceptors (Lipinski definition) is 10. The minimum Gasteiger partial charge on any atom is -0.497 e. The minimum absolute atomic E-state index is 0.105. The highest BCUT2D eigenvalue weighted by molar-refractivity contribution is 7.32. The molecule has 4 aromatic carbocycles. The van der Waals surface area contributed by atoms with Crippen molar-refractivity contribution < 1.29 is 42.1 Å². The van der Waals surface area contributed by atoms with Gasteiger partial charge >= 0.3 is 8.25 Å². The lowest BCUT2D eigenvalue weighted by molar-refractivity contribution is -0.0912. The van der Waals surface area contributed by atoms with Crippen LogP contribution in [0.2, 0.25) is 0 Å². The lowest BCUT2D eigenvalue weighted by Crippen LogP contribution is -2.39. The Morgan fingerprint density at radius 1 is 0.868 bits per heavy atom. The standard InChI is InChI=1S/C38H33FN5O8P/c1-48-28-17-13-26(14-18-28)38(25-11-7-4-8-12-25,27-15-19-29(49-2)20-16-27)50-21-30-33(52-53(46)47)31(39)37(51-30)44-23-42-32-34(40-22-41-35(32)44)43-36(45)24-9-5-3-6-10-24/h3-20,22-23,30-31,33,37H,21H2,1-2H3,(H-,40,41,43,45,46,47)/p+1/t30-,31+,33+,37-/m1/s1. The van der Waals surface area contributed by atoms with Crippen molar-refractivity contribution in [3.8, 4) is 11.5 Å². The molecule has 1 saturated heterocycles. The predicted octanol–water partition coefficient (Wildman–Crippen LogP) is 6.37. The molecule has 5 atom stereocenters. The van der Waals surface area contributed by atoms with Crippen LogP contribution in [0.5, 0.6) is 11.5 Å². The molecule has 2 aromatic heterocycles. The SMILES string of the molecule is COc1ccc(C(OC[C@H]2O[C@@H](n3cnc4c(NC(=O)c5ccccc5)ncnc43)[C@@H](F)[C@H]2O[P+](=O)O)(c2ccccc2)c2ccc(OC)cc2)cc1. The Morgan fingerprint density at radius 3 is 2.04 bits per heavy atom. The summed E-state index contributed by atoms with van der Waals surface area (Å²) >= 11 is 0. The first-order valence-corrected chi connectivity index (χ1v) is 17.6. The summed E-state index contributed by atoms with van der Waals surface area (Å²) < 4.78 is 59.2. The van der Waals surface area contributed by atoms with Crippen molar-refractivity contribution in [3.63, 3.8) is 0 Å². The van der Waals surface area contributed by atoms with Gasteiger partial charge in [0.15, 0.2) is 35.5 Å². The highest BCUT2D eigenvalue weighted by Crippen LogP contribution is 2.44. The summed E-state index contributed by atoms with van der Waals surface area (Å²) in [5.74, 6) is 0.946. The highest BCUT2D eigenvalue weighted by atomic mass is 31.1. The van der Waals surface area contributed by atoms with Crippen molar-refractivity contribution in [1.29, 1.82) is 0 Å². The number of ether oxygens (including phenoxy) is 4. The van der Waals surface area contributed by atoms with Crippen LogP contribution in [0.1, 0.15) is 33.3 Å². The number of rotatable bonds is 13. The molecule has 7 rings (SSSR count). The number of methoxy groups -OCH3 is 2. The zero-order chi connectivity index (χ0) is 37.0. The lowest BCUT2D eigenvalue weighted by Gasteiger charge is -2.37. The number of alkyl halides is 1. The molecule has 1 aliphatic rings. The average molecular weight is 739 g/mol. The Morgan fingerprint density at radius 2 is 1.45 bits per heavy atom. The Labute approximate surface area is 304 Å². The molecule has 1 aliphatic heterocycles. The van der Waals surface area contributed by atoms with E-state index in [2.05, 4.69) is 20.3 Å². The van der Waals surface area contributed by atoms with Gasteiger partial charge in [-0.05, 0) is 53.1 Å². The van der Waals surface area contributed by atoms with E-state index in [1.54, 1.807) is 44.6 Å². The number of aromatic nitrogens is 4. The van der Waals surface area contributed by atoms with Gasteiger partial charge in [0.2, 0.25) is 0 Å². The number of hydrogen-bond donors (Lipinski definition) is 2. The molecule has 0 bridgehead atoms. The summed E-state index contributed by atoms with van der Waals surface area (Å²) in [5, 5.41) is 2.73. The third-order valence-corrected chi connectivity index (χ3v) is 9.44. The van der Waals surface area contributed by atoms with Crippen LogP contribution < -0.4 is 14.8 Å². The second kappa shape index (κ2) is 15.5. The second-order valence-corrected chi connectivity index (χ2v) is 12.7. The molecule has 6 aromatic rings. The van der Waals surface area contributed by atoms with Crippen molar-refractivity contribution in [2.45, 2.75) is 30.2 Å². The first-order chi connectivity index (χ1) is 25.8. The minimum atomic E-state index is -3.25. The van der Waals surface area contributed by atoms with E-state index in [-0.39, 0.29) is 23.6 Å². The van der Waals surface area contributed by atoms with Crippen molar-refractivity contribution in [1.82, 2.24) is 19.5 Å². The van der Waals surface area contributed by atoms with E-state index in [1.165, 1.54) is 17.2 Å². The fourth-order valence-electron chi connectivity index (χ4n) is 6.46. The molecule has 0 spiro atoms. The fourth-order valence-corrected chi connectivity index (χ4v) is 6.92. The van der Waals surface area contributed by atoms with Crippen molar-refractivity contribution >= 4 is 31.1 Å². The third-order valence-electron chi connectivity index (χ3n) is 9.02. The Hall–Kier alpha value is -5.63. The number of fused-ring (bicyclic) bond motifs is 1. The number of anilines is 1. The summed E-state index contributed by atoms with van der Waals surface area (Å²) in [6, 6.07) is 32.7. The Kier molecular flexibility index (Phi) is 10.5. The lowest BCUT2D eigenvalue weighted by atomic mass is 9.80. The quantitative estimate of drug-likeness (QED) is 0.100. The summed E-state index contributed by atoms with van der Waals surface area (Å²) in [6.45, 7) is -0.294. The van der Waals surface area contributed by atoms with Gasteiger partial charge in [-0.2, -0.15) is 0 Å². The molecule has 1 unspecified atom stereocenters. The van der Waals surface area contributed by atoms with Gasteiger partial charge in [-0.1, -0.05) is 72.8 Å². The van der Waals surface area contributed by atoms with E-state index in [1.807, 2.05) is 78.9 Å². The number of carbonyl (C=O) groups excluding carboxylic acids is 1. The van der Waals surface area contributed by atoms with Crippen molar-refractivity contribution in [3.05, 3.63) is 144 Å². The van der Waals surface area contributed by atoms with Crippen LogP contribution in [0, 0.1) is 0 Å². The molecule has 270 valence electrons. The molecular formula is C38H34FN5O8P+. The monoisotopic (exact) mass is 738 g/mol. The molecule has 2 N–H and O–H groups in total. The van der Waals surface area contributed by atoms with Gasteiger partial charge in [0.25, 0.3) is 5.91 Å². The van der Waals surface area contributed by atoms with Crippen LogP contribution >= 0.6 is 8.25 Å². The molecule has 0 radical (unpaired) electrons. The topological polar surface area (TPSA) is 156 Å². The largest absolute Gasteiger partial charge is 0.695 e. The molecule has 53 heavy (non-hydrogen) atoms. The number of halogens is 1. The van der Waals surface area contributed by atoms with Gasteiger partial charge in [-0.3, -0.25) is 9.36 Å². The van der Waals surface area contributed by atoms with Crippen molar-refractivity contribution in [2.24, 2.45) is 0 Å². The Balaban J connectivity index is 1.24. The average Bonchev–Trinajstić information content (AvgIpc) is 3.76. The Bertz CT molecular complexity index is 2150. The van der Waals surface area contributed by atoms with Crippen LogP contribution in [0.15, 0.2) is 122 Å². The van der Waals surface area contributed by atoms with Crippen LogP contribution in [0.25, 0.3) is 11.2 Å². The maximum Gasteiger partial charge on any atom is 0.695 e. The first-order valence-electron chi connectivity index (χ1n) is 16.5. The summed E-state index contributed by atoms with van der Waals surface area (Å²) in [5.41, 5.74) is 1.62. The molecule has 13 nitrogen and oxygen atoms in total. The molecule has 1 amide bonds. The third kappa shape index (κ3) is 7.10. The zero-order valence-electron chi connectivity index (χ0n) is 28.5. The number of benzene rings is 4. The van der Waals surface area contributed by atoms with E-state index >= 15 is 4.39 Å². The number of amides is 1. The van der Waals surface area contributed by atoms with Gasteiger partial charge < -0.3 is 24.3 Å². The van der Waals surface area contributed by atoms with E-state index < -0.39 is 44.4 Å². The van der Waals surface area contributed by atoms with Crippen LogP contribution in [0.4, 0.5) is 10.2 Å². The van der Waals surface area contributed by atoms with Crippen molar-refractivity contribution in [2.75, 3.05) is 26.1 Å². The molecule has 0 aliphatic carbocycles. The number of carbonyl (C=O) groups is 1. The molecular weight excluding hydrogens is 704 g/mol. The van der Waals surface area contributed by atoms with Gasteiger partial charge in [0.1, 0.15) is 29.5 Å². The van der Waals surface area contributed by atoms with E-state index in [0.717, 1.165) is 5.56 Å². The predicted molar refractivity (Wildman–Crippen MR) is 191 cm³/mol. The first kappa shape index (κ1) is 35.8. The van der Waals surface area contributed by atoms with Gasteiger partial charge in [0, 0.05) is 10.1 Å². The van der Waals surface area contributed by atoms with E-state index in [9.17, 15) is 14.3 Å². The summed E-state index contributed by atoms with van der Waals surface area (Å²) in [7, 11) is -0.0996. The van der Waals surface area contributed by atoms with E-state index in [0.29, 0.717) is 28.2 Å². The molecule has 0 saturated carbocycles. The summed E-state index contributed by atoms with van der Waals surface area (Å²) in [6.07, 6.45) is -3.61. The van der Waals surface area contributed by atoms with E-state index in [4.69, 9.17) is 23.5 Å². The number of imidazole rings is 1. The van der Waals surface area contributed by atoms with Crippen LogP contribution in [-0.4, -0.2) is 69.5 Å². The van der Waals surface area contributed by atoms with Gasteiger partial charge in [-0.25, -0.2) is 19.3 Å². The zero-order valence-corrected chi connectivity index (χ0v) is 29.4. The molecule has 3 heterocycles. The van der Waals surface area contributed by atoms with Gasteiger partial charge in [0.05, 0.1) is 27.2 Å². The fraction of sp³-hybridized carbons (Fsp3) is 0.211. The normalized spacial score (nSPS) is 18.8. The molecule has 1 fully saturated rings. The maximum absolute atomic E-state index is 16.5. The van der Waals surface area contributed by atoms with Crippen LogP contribution in [0.3, 0.4) is 0 Å². The second-order valence-electron chi connectivity index (χ2n) is 12.0. The van der Waals surface area contributed by atoms with Crippen LogP contribution in [-0.2, 0) is 24.2 Å². The number of nitrogens with one attached hydrogen (secondary N) is 1. The number of nitrogens with zero attached hydrogens (tertiary/aromatic N) is 4.